The molecule has 2 aromatic carbocycles. The first kappa shape index (κ1) is 22.1. The van der Waals surface area contributed by atoms with E-state index in [4.69, 9.17) is 4.74 Å². The summed E-state index contributed by atoms with van der Waals surface area (Å²) in [6, 6.07) is 17.1. The zero-order valence-electron chi connectivity index (χ0n) is 18.4. The van der Waals surface area contributed by atoms with Gasteiger partial charge in [0.05, 0.1) is 22.8 Å². The van der Waals surface area contributed by atoms with E-state index in [0.717, 1.165) is 11.1 Å². The highest BCUT2D eigenvalue weighted by atomic mass is 19.1. The molecule has 0 radical (unpaired) electrons. The lowest BCUT2D eigenvalue weighted by molar-refractivity contribution is -0.133. The van der Waals surface area contributed by atoms with E-state index in [-0.39, 0.29) is 18.3 Å². The van der Waals surface area contributed by atoms with Crippen LogP contribution >= 0.6 is 0 Å². The molecule has 0 aliphatic heterocycles. The summed E-state index contributed by atoms with van der Waals surface area (Å²) in [5, 5.41) is 4.88. The van der Waals surface area contributed by atoms with Crippen LogP contribution in [0.25, 0.3) is 22.3 Å². The largest absolute Gasteiger partial charge is 0.452 e. The highest BCUT2D eigenvalue weighted by molar-refractivity contribution is 6.04. The predicted octanol–water partition coefficient (Wildman–Crippen LogP) is 4.07. The number of rotatable bonds is 7. The fraction of sp³-hybridized carbons (Fsp3) is 0.200. The van der Waals surface area contributed by atoms with Gasteiger partial charge in [0.1, 0.15) is 5.82 Å². The molecule has 0 unspecified atom stereocenters. The van der Waals surface area contributed by atoms with Crippen molar-refractivity contribution in [3.05, 3.63) is 83.8 Å². The Bertz CT molecular complexity index is 1290. The number of esters is 1. The molecule has 33 heavy (non-hydrogen) atoms. The van der Waals surface area contributed by atoms with Crippen LogP contribution in [0.1, 0.15) is 22.8 Å². The van der Waals surface area contributed by atoms with Crippen molar-refractivity contribution in [2.45, 2.75) is 20.0 Å². The summed E-state index contributed by atoms with van der Waals surface area (Å²) in [6.07, 6.45) is 1.58. The number of pyridine rings is 1. The third kappa shape index (κ3) is 4.90. The van der Waals surface area contributed by atoms with Crippen LogP contribution in [-0.2, 0) is 22.6 Å². The van der Waals surface area contributed by atoms with Crippen molar-refractivity contribution < 1.29 is 18.7 Å². The van der Waals surface area contributed by atoms with Crippen molar-refractivity contribution in [2.24, 2.45) is 0 Å². The van der Waals surface area contributed by atoms with Crippen LogP contribution in [0.5, 0.6) is 0 Å². The van der Waals surface area contributed by atoms with Gasteiger partial charge in [0.15, 0.2) is 12.3 Å². The Labute approximate surface area is 190 Å². The maximum Gasteiger partial charge on any atom is 0.339 e. The Balaban J connectivity index is 1.53. The lowest BCUT2D eigenvalue weighted by atomic mass is 10.1. The number of carbonyl (C=O) groups excluding carboxylic acids is 2. The quantitative estimate of drug-likeness (QED) is 0.400. The summed E-state index contributed by atoms with van der Waals surface area (Å²) >= 11 is 0. The van der Waals surface area contributed by atoms with Crippen molar-refractivity contribution in [3.63, 3.8) is 0 Å². The number of hydrogen-bond acceptors (Lipinski definition) is 5. The molecule has 0 bridgehead atoms. The topological polar surface area (TPSA) is 77.3 Å². The van der Waals surface area contributed by atoms with E-state index < -0.39 is 12.6 Å². The van der Waals surface area contributed by atoms with Crippen LogP contribution in [0, 0.1) is 5.82 Å². The maximum absolute atomic E-state index is 13.1. The minimum Gasteiger partial charge on any atom is -0.452 e. The van der Waals surface area contributed by atoms with E-state index in [0.29, 0.717) is 28.8 Å². The van der Waals surface area contributed by atoms with E-state index in [2.05, 4.69) is 10.1 Å². The lowest BCUT2D eigenvalue weighted by Gasteiger charge is -2.17. The van der Waals surface area contributed by atoms with Crippen LogP contribution in [0.15, 0.2) is 66.9 Å². The van der Waals surface area contributed by atoms with E-state index in [1.807, 2.05) is 37.3 Å². The number of hydrogen-bond donors (Lipinski definition) is 0. The van der Waals surface area contributed by atoms with Crippen molar-refractivity contribution in [1.82, 2.24) is 19.7 Å². The molecule has 4 rings (SSSR count). The summed E-state index contributed by atoms with van der Waals surface area (Å²) in [4.78, 5) is 31.6. The highest BCUT2D eigenvalue weighted by Gasteiger charge is 2.20. The molecule has 2 heterocycles. The molecule has 0 saturated heterocycles. The Morgan fingerprint density at radius 1 is 1.09 bits per heavy atom. The van der Waals surface area contributed by atoms with Crippen molar-refractivity contribution in [1.29, 1.82) is 0 Å². The number of aromatic nitrogens is 3. The molecule has 1 amide bonds. The fourth-order valence-electron chi connectivity index (χ4n) is 3.47. The van der Waals surface area contributed by atoms with E-state index in [1.165, 1.54) is 17.0 Å². The second kappa shape index (κ2) is 9.60. The second-order valence-corrected chi connectivity index (χ2v) is 7.57. The molecule has 0 atom stereocenters. The van der Waals surface area contributed by atoms with Crippen LogP contribution in [0.4, 0.5) is 4.39 Å². The van der Waals surface area contributed by atoms with Crippen LogP contribution in [0.2, 0.25) is 0 Å². The predicted molar refractivity (Wildman–Crippen MR) is 122 cm³/mol. The number of amides is 1. The second-order valence-electron chi connectivity index (χ2n) is 7.57. The van der Waals surface area contributed by atoms with E-state index >= 15 is 0 Å². The van der Waals surface area contributed by atoms with E-state index in [9.17, 15) is 14.0 Å². The SMILES string of the molecule is CCn1ncc2c(C(=O)OCC(=O)N(C)Cc3ccc(F)cc3)cc(-c3ccccc3)nc21. The van der Waals surface area contributed by atoms with Gasteiger partial charge in [0.25, 0.3) is 5.91 Å². The summed E-state index contributed by atoms with van der Waals surface area (Å²) < 4.78 is 20.1. The van der Waals surface area contributed by atoms with Crippen molar-refractivity contribution in [2.75, 3.05) is 13.7 Å². The smallest absolute Gasteiger partial charge is 0.339 e. The molecule has 8 heteroatoms. The minimum absolute atomic E-state index is 0.275. The van der Waals surface area contributed by atoms with Crippen LogP contribution in [-0.4, -0.2) is 45.2 Å². The monoisotopic (exact) mass is 446 g/mol. The van der Waals surface area contributed by atoms with Gasteiger partial charge >= 0.3 is 5.97 Å². The first-order valence-corrected chi connectivity index (χ1v) is 10.5. The third-order valence-electron chi connectivity index (χ3n) is 5.28. The zero-order valence-corrected chi connectivity index (χ0v) is 18.4. The first-order chi connectivity index (χ1) is 16.0. The summed E-state index contributed by atoms with van der Waals surface area (Å²) in [7, 11) is 1.60. The minimum atomic E-state index is -0.626. The number of ether oxygens (including phenoxy) is 1. The molecule has 0 saturated carbocycles. The first-order valence-electron chi connectivity index (χ1n) is 10.5. The third-order valence-corrected chi connectivity index (χ3v) is 5.28. The Morgan fingerprint density at radius 2 is 1.82 bits per heavy atom. The van der Waals surface area contributed by atoms with Gasteiger partial charge < -0.3 is 9.64 Å². The van der Waals surface area contributed by atoms with Gasteiger partial charge in [0, 0.05) is 25.7 Å². The van der Waals surface area contributed by atoms with Crippen LogP contribution < -0.4 is 0 Å². The molecule has 0 aliphatic rings. The molecule has 0 N–H and O–H groups in total. The average molecular weight is 446 g/mol. The molecule has 0 spiro atoms. The zero-order chi connectivity index (χ0) is 23.4. The Kier molecular flexibility index (Phi) is 6.44. The van der Waals surface area contributed by atoms with Gasteiger partial charge in [-0.25, -0.2) is 18.9 Å². The van der Waals surface area contributed by atoms with E-state index in [1.54, 1.807) is 36.1 Å². The van der Waals surface area contributed by atoms with Gasteiger partial charge in [-0.1, -0.05) is 42.5 Å². The number of fused-ring (bicyclic) bond motifs is 1. The highest BCUT2D eigenvalue weighted by Crippen LogP contribution is 2.25. The van der Waals surface area contributed by atoms with Crippen molar-refractivity contribution in [3.8, 4) is 11.3 Å². The van der Waals surface area contributed by atoms with Gasteiger partial charge in [-0.3, -0.25) is 4.79 Å². The molecule has 4 aromatic rings. The maximum atomic E-state index is 13.1. The van der Waals surface area contributed by atoms with Crippen molar-refractivity contribution >= 4 is 22.9 Å². The molecule has 0 fully saturated rings. The fourth-order valence-corrected chi connectivity index (χ4v) is 3.47. The normalized spacial score (nSPS) is 10.9. The van der Waals surface area contributed by atoms with Crippen LogP contribution in [0.3, 0.4) is 0 Å². The average Bonchev–Trinajstić information content (AvgIpc) is 3.26. The Morgan fingerprint density at radius 3 is 2.52 bits per heavy atom. The molecular weight excluding hydrogens is 423 g/mol. The number of aryl methyl sites for hydroxylation is 1. The summed E-state index contributed by atoms with van der Waals surface area (Å²) in [6.45, 7) is 2.40. The van der Waals surface area contributed by atoms with Gasteiger partial charge in [-0.2, -0.15) is 5.10 Å². The number of halogens is 1. The Hall–Kier alpha value is -4.07. The number of benzene rings is 2. The van der Waals surface area contributed by atoms with Gasteiger partial charge in [0.2, 0.25) is 0 Å². The molecule has 7 nitrogen and oxygen atoms in total. The molecule has 2 aromatic heterocycles. The number of carbonyl (C=O) groups is 2. The summed E-state index contributed by atoms with van der Waals surface area (Å²) in [5.74, 6) is -1.34. The standard InChI is InChI=1S/C25H23FN4O3/c1-3-30-24-21(14-27-30)20(13-22(28-24)18-7-5-4-6-8-18)25(32)33-16-23(31)29(2)15-17-9-11-19(26)12-10-17/h4-14H,3,15-16H2,1-2H3. The van der Waals surface area contributed by atoms with Gasteiger partial charge in [-0.05, 0) is 30.7 Å². The molecular formula is C25H23FN4O3. The molecule has 0 aliphatic carbocycles. The summed E-state index contributed by atoms with van der Waals surface area (Å²) in [5.41, 5.74) is 3.12. The lowest BCUT2D eigenvalue weighted by Crippen LogP contribution is -2.30. The number of nitrogens with zero attached hydrogens (tertiary/aromatic N) is 4. The molecule has 168 valence electrons. The van der Waals surface area contributed by atoms with Gasteiger partial charge in [-0.15, -0.1) is 0 Å². The number of likely N-dealkylation sites (N-methyl/N-ethyl adjacent to an activating group) is 1.